The lowest BCUT2D eigenvalue weighted by Gasteiger charge is -2.30. The Hall–Kier alpha value is -2.39. The van der Waals surface area contributed by atoms with Gasteiger partial charge in [0.2, 0.25) is 11.9 Å². The summed E-state index contributed by atoms with van der Waals surface area (Å²) in [5.74, 6) is 1.74. The molecule has 0 radical (unpaired) electrons. The Morgan fingerprint density at radius 3 is 1.88 bits per heavy atom. The van der Waals surface area contributed by atoms with E-state index in [1.54, 1.807) is 12.1 Å². The molecule has 2 aromatic heterocycles. The highest BCUT2D eigenvalue weighted by molar-refractivity contribution is 5.55. The van der Waals surface area contributed by atoms with E-state index in [9.17, 15) is 4.39 Å². The Morgan fingerprint density at radius 1 is 0.846 bits per heavy atom. The van der Waals surface area contributed by atoms with Gasteiger partial charge in [0.15, 0.2) is 5.82 Å². The Bertz CT molecular complexity index is 696. The number of anilines is 2. The van der Waals surface area contributed by atoms with Gasteiger partial charge >= 0.3 is 0 Å². The van der Waals surface area contributed by atoms with Crippen LogP contribution in [-0.4, -0.2) is 72.5 Å². The topological polar surface area (TPSA) is 76.5 Å². The van der Waals surface area contributed by atoms with E-state index in [-0.39, 0.29) is 0 Å². The Morgan fingerprint density at radius 2 is 1.42 bits per heavy atom. The molecule has 4 rings (SSSR count). The van der Waals surface area contributed by atoms with Crippen molar-refractivity contribution in [2.24, 2.45) is 0 Å². The van der Waals surface area contributed by atoms with Gasteiger partial charge in [0, 0.05) is 37.9 Å². The highest BCUT2D eigenvalue weighted by atomic mass is 19.1. The number of ether oxygens (including phenoxy) is 2. The van der Waals surface area contributed by atoms with Crippen LogP contribution >= 0.6 is 0 Å². The van der Waals surface area contributed by atoms with Gasteiger partial charge in [-0.2, -0.15) is 15.0 Å². The third-order valence-electron chi connectivity index (χ3n) is 4.41. The molecule has 0 saturated carbocycles. The molecule has 0 aromatic carbocycles. The number of hydrogen-bond donors (Lipinski definition) is 0. The van der Waals surface area contributed by atoms with Crippen molar-refractivity contribution in [3.63, 3.8) is 0 Å². The maximum Gasteiger partial charge on any atom is 0.230 e. The largest absolute Gasteiger partial charge is 0.378 e. The number of hydrogen-bond acceptors (Lipinski definition) is 8. The van der Waals surface area contributed by atoms with Crippen LogP contribution in [0.15, 0.2) is 18.3 Å². The van der Waals surface area contributed by atoms with Gasteiger partial charge in [-0.1, -0.05) is 6.07 Å². The first-order chi connectivity index (χ1) is 12.8. The Labute approximate surface area is 151 Å². The minimum absolute atomic E-state index is 0.494. The van der Waals surface area contributed by atoms with Crippen LogP contribution in [0.3, 0.4) is 0 Å². The lowest BCUT2D eigenvalue weighted by molar-refractivity contribution is 0.121. The third kappa shape index (κ3) is 3.73. The SMILES string of the molecule is FCc1ccc(-c2nc(N3CCOCC3)nc(N3CCOCC3)n2)nc1. The first-order valence-electron chi connectivity index (χ1n) is 8.76. The predicted octanol–water partition coefficient (Wildman–Crippen LogP) is 1.08. The van der Waals surface area contributed by atoms with Gasteiger partial charge in [-0.25, -0.2) is 4.39 Å². The summed E-state index contributed by atoms with van der Waals surface area (Å²) in [4.78, 5) is 22.4. The number of nitrogens with zero attached hydrogens (tertiary/aromatic N) is 6. The highest BCUT2D eigenvalue weighted by Gasteiger charge is 2.21. The first kappa shape index (κ1) is 17.0. The molecule has 0 bridgehead atoms. The van der Waals surface area contributed by atoms with E-state index in [0.717, 1.165) is 26.2 Å². The number of pyridine rings is 1. The molecule has 2 saturated heterocycles. The number of aromatic nitrogens is 4. The number of rotatable bonds is 4. The summed E-state index contributed by atoms with van der Waals surface area (Å²) in [5, 5.41) is 0. The second-order valence-corrected chi connectivity index (χ2v) is 6.14. The van der Waals surface area contributed by atoms with Crippen LogP contribution in [0.1, 0.15) is 5.56 Å². The van der Waals surface area contributed by atoms with Crippen molar-refractivity contribution in [1.29, 1.82) is 0 Å². The summed E-state index contributed by atoms with van der Waals surface area (Å²) >= 11 is 0. The third-order valence-corrected chi connectivity index (χ3v) is 4.41. The molecule has 2 aromatic rings. The molecule has 2 aliphatic rings. The van der Waals surface area contributed by atoms with Crippen LogP contribution in [0.25, 0.3) is 11.5 Å². The van der Waals surface area contributed by atoms with E-state index < -0.39 is 6.67 Å². The maximum absolute atomic E-state index is 12.8. The summed E-state index contributed by atoms with van der Waals surface area (Å²) < 4.78 is 23.6. The fourth-order valence-electron chi connectivity index (χ4n) is 2.91. The lowest BCUT2D eigenvalue weighted by atomic mass is 10.2. The van der Waals surface area contributed by atoms with Crippen molar-refractivity contribution in [3.8, 4) is 11.5 Å². The molecular formula is C17H21FN6O2. The molecule has 0 atom stereocenters. The Kier molecular flexibility index (Phi) is 5.16. The normalized spacial score (nSPS) is 18.2. The van der Waals surface area contributed by atoms with Gasteiger partial charge in [0.05, 0.1) is 26.4 Å². The van der Waals surface area contributed by atoms with Crippen LogP contribution in [0.2, 0.25) is 0 Å². The first-order valence-corrected chi connectivity index (χ1v) is 8.76. The molecule has 138 valence electrons. The standard InChI is InChI=1S/C17H21FN6O2/c18-11-13-1-2-14(19-12-13)15-20-16(23-3-7-25-8-4-23)22-17(21-15)24-5-9-26-10-6-24/h1-2,12H,3-11H2. The van der Waals surface area contributed by atoms with Crippen LogP contribution in [0.4, 0.5) is 16.3 Å². The molecule has 8 nitrogen and oxygen atoms in total. The smallest absolute Gasteiger partial charge is 0.230 e. The highest BCUT2D eigenvalue weighted by Crippen LogP contribution is 2.21. The fourth-order valence-corrected chi connectivity index (χ4v) is 2.91. The van der Waals surface area contributed by atoms with E-state index in [4.69, 9.17) is 9.47 Å². The Balaban J connectivity index is 1.70. The summed E-state index contributed by atoms with van der Waals surface area (Å²) in [6, 6.07) is 3.45. The molecular weight excluding hydrogens is 339 g/mol. The van der Waals surface area contributed by atoms with Crippen LogP contribution < -0.4 is 9.80 Å². The van der Waals surface area contributed by atoms with Crippen molar-refractivity contribution < 1.29 is 13.9 Å². The van der Waals surface area contributed by atoms with Gasteiger partial charge in [-0.05, 0) is 6.07 Å². The second kappa shape index (κ2) is 7.88. The average molecular weight is 360 g/mol. The zero-order valence-electron chi connectivity index (χ0n) is 14.5. The molecule has 2 fully saturated rings. The summed E-state index contributed by atoms with van der Waals surface area (Å²) in [6.45, 7) is 5.01. The maximum atomic E-state index is 12.8. The van der Waals surface area contributed by atoms with E-state index in [1.165, 1.54) is 6.20 Å². The quantitative estimate of drug-likeness (QED) is 0.802. The molecule has 0 N–H and O–H groups in total. The molecule has 0 spiro atoms. The zero-order chi connectivity index (χ0) is 17.8. The summed E-state index contributed by atoms with van der Waals surface area (Å²) in [6.07, 6.45) is 1.52. The van der Waals surface area contributed by atoms with E-state index in [2.05, 4.69) is 29.7 Å². The fraction of sp³-hybridized carbons (Fsp3) is 0.529. The summed E-state index contributed by atoms with van der Waals surface area (Å²) in [7, 11) is 0. The molecule has 4 heterocycles. The molecule has 26 heavy (non-hydrogen) atoms. The van der Waals surface area contributed by atoms with E-state index in [1.807, 2.05) is 0 Å². The second-order valence-electron chi connectivity index (χ2n) is 6.14. The van der Waals surface area contributed by atoms with Crippen molar-refractivity contribution in [2.75, 3.05) is 62.4 Å². The van der Waals surface area contributed by atoms with Crippen molar-refractivity contribution in [2.45, 2.75) is 6.67 Å². The minimum atomic E-state index is -0.539. The minimum Gasteiger partial charge on any atom is -0.378 e. The molecule has 2 aliphatic heterocycles. The van der Waals surface area contributed by atoms with Crippen LogP contribution in [0.5, 0.6) is 0 Å². The van der Waals surface area contributed by atoms with Gasteiger partial charge in [-0.15, -0.1) is 0 Å². The monoisotopic (exact) mass is 360 g/mol. The molecule has 0 aliphatic carbocycles. The number of morpholine rings is 2. The summed E-state index contributed by atoms with van der Waals surface area (Å²) in [5.41, 5.74) is 1.14. The van der Waals surface area contributed by atoms with Crippen molar-refractivity contribution >= 4 is 11.9 Å². The number of alkyl halides is 1. The van der Waals surface area contributed by atoms with E-state index in [0.29, 0.717) is 55.4 Å². The zero-order valence-corrected chi connectivity index (χ0v) is 14.5. The molecule has 9 heteroatoms. The predicted molar refractivity (Wildman–Crippen MR) is 93.9 cm³/mol. The van der Waals surface area contributed by atoms with E-state index >= 15 is 0 Å². The molecule has 0 unspecified atom stereocenters. The molecule has 0 amide bonds. The van der Waals surface area contributed by atoms with Crippen LogP contribution in [-0.2, 0) is 16.1 Å². The van der Waals surface area contributed by atoms with Crippen molar-refractivity contribution in [3.05, 3.63) is 23.9 Å². The van der Waals surface area contributed by atoms with Crippen LogP contribution in [0, 0.1) is 0 Å². The van der Waals surface area contributed by atoms with Gasteiger partial charge in [0.1, 0.15) is 12.4 Å². The van der Waals surface area contributed by atoms with Crippen molar-refractivity contribution in [1.82, 2.24) is 19.9 Å². The average Bonchev–Trinajstić information content (AvgIpc) is 2.75. The number of halogens is 1. The lowest BCUT2D eigenvalue weighted by Crippen LogP contribution is -2.40. The van der Waals surface area contributed by atoms with Gasteiger partial charge < -0.3 is 19.3 Å². The van der Waals surface area contributed by atoms with Gasteiger partial charge in [-0.3, -0.25) is 4.98 Å². The van der Waals surface area contributed by atoms with Gasteiger partial charge in [0.25, 0.3) is 0 Å².